The summed E-state index contributed by atoms with van der Waals surface area (Å²) < 4.78 is 5.49. The highest BCUT2D eigenvalue weighted by Gasteiger charge is 2.23. The van der Waals surface area contributed by atoms with Crippen LogP contribution in [0.3, 0.4) is 0 Å². The maximum absolute atomic E-state index is 13.1. The Balaban J connectivity index is 1.75. The Morgan fingerprint density at radius 1 is 1.10 bits per heavy atom. The number of anilines is 1. The molecular weight excluding hydrogens is 366 g/mol. The summed E-state index contributed by atoms with van der Waals surface area (Å²) >= 11 is 0. The Kier molecular flexibility index (Phi) is 5.40. The van der Waals surface area contributed by atoms with E-state index in [9.17, 15) is 4.79 Å². The van der Waals surface area contributed by atoms with E-state index in [0.29, 0.717) is 25.4 Å². The van der Waals surface area contributed by atoms with Gasteiger partial charge in [0.1, 0.15) is 5.82 Å². The molecule has 4 rings (SSSR count). The zero-order valence-electron chi connectivity index (χ0n) is 17.1. The molecule has 1 aromatic carbocycles. The molecule has 1 fully saturated rings. The van der Waals surface area contributed by atoms with Gasteiger partial charge in [-0.25, -0.2) is 15.0 Å². The summed E-state index contributed by atoms with van der Waals surface area (Å²) in [7, 11) is 1.77. The van der Waals surface area contributed by atoms with Crippen LogP contribution in [0.4, 0.5) is 5.82 Å². The van der Waals surface area contributed by atoms with Gasteiger partial charge in [0.25, 0.3) is 5.91 Å². The Morgan fingerprint density at radius 2 is 1.83 bits per heavy atom. The fourth-order valence-corrected chi connectivity index (χ4v) is 3.66. The van der Waals surface area contributed by atoms with E-state index in [2.05, 4.69) is 14.9 Å². The quantitative estimate of drug-likeness (QED) is 0.681. The lowest BCUT2D eigenvalue weighted by molar-refractivity contribution is 0.0773. The summed E-state index contributed by atoms with van der Waals surface area (Å²) in [5.41, 5.74) is 3.56. The van der Waals surface area contributed by atoms with Gasteiger partial charge in [-0.3, -0.25) is 4.79 Å². The van der Waals surface area contributed by atoms with E-state index in [1.54, 1.807) is 11.9 Å². The van der Waals surface area contributed by atoms with Crippen LogP contribution in [-0.2, 0) is 11.3 Å². The van der Waals surface area contributed by atoms with Crippen molar-refractivity contribution in [1.29, 1.82) is 0 Å². The lowest BCUT2D eigenvalue weighted by Gasteiger charge is -2.29. The molecule has 0 radical (unpaired) electrons. The first-order valence-electron chi connectivity index (χ1n) is 9.81. The standard InChI is InChI=1S/C22H25N5O2/c1-15-13-16(2)23-19-18(15)21(27-9-11-29-12-10-27)25-20(24-19)22(28)26(3)14-17-7-5-4-6-8-17/h4-8,13H,9-12,14H2,1-3H3. The van der Waals surface area contributed by atoms with Crippen molar-refractivity contribution >= 4 is 22.8 Å². The molecule has 1 aliphatic heterocycles. The van der Waals surface area contributed by atoms with Gasteiger partial charge in [0.2, 0.25) is 5.82 Å². The molecule has 0 saturated carbocycles. The number of hydrogen-bond donors (Lipinski definition) is 0. The minimum atomic E-state index is -0.216. The molecule has 7 nitrogen and oxygen atoms in total. The number of fused-ring (bicyclic) bond motifs is 1. The molecule has 1 amide bonds. The molecular formula is C22H25N5O2. The number of nitrogens with zero attached hydrogens (tertiary/aromatic N) is 5. The van der Waals surface area contributed by atoms with Gasteiger partial charge in [0.05, 0.1) is 18.6 Å². The van der Waals surface area contributed by atoms with E-state index in [1.807, 2.05) is 50.2 Å². The third-order valence-electron chi connectivity index (χ3n) is 5.08. The highest BCUT2D eigenvalue weighted by atomic mass is 16.5. The summed E-state index contributed by atoms with van der Waals surface area (Å²) in [6.07, 6.45) is 0. The summed E-state index contributed by atoms with van der Waals surface area (Å²) in [5.74, 6) is 0.723. The summed E-state index contributed by atoms with van der Waals surface area (Å²) in [5, 5.41) is 0.903. The van der Waals surface area contributed by atoms with Crippen LogP contribution in [0.5, 0.6) is 0 Å². The molecule has 3 aromatic rings. The number of amides is 1. The number of morpholine rings is 1. The first-order chi connectivity index (χ1) is 14.0. The monoisotopic (exact) mass is 391 g/mol. The summed E-state index contributed by atoms with van der Waals surface area (Å²) in [6.45, 7) is 7.20. The Morgan fingerprint density at radius 3 is 2.55 bits per heavy atom. The molecule has 0 bridgehead atoms. The number of hydrogen-bond acceptors (Lipinski definition) is 6. The summed E-state index contributed by atoms with van der Waals surface area (Å²) in [6, 6.07) is 11.9. The molecule has 0 N–H and O–H groups in total. The number of carbonyl (C=O) groups is 1. The second-order valence-corrected chi connectivity index (χ2v) is 7.40. The third-order valence-corrected chi connectivity index (χ3v) is 5.08. The number of aromatic nitrogens is 3. The van der Waals surface area contributed by atoms with Gasteiger partial charge in [-0.15, -0.1) is 0 Å². The molecule has 0 unspecified atom stereocenters. The van der Waals surface area contributed by atoms with Crippen LogP contribution in [0.15, 0.2) is 36.4 Å². The molecule has 1 aliphatic rings. The molecule has 3 heterocycles. The number of pyridine rings is 1. The average molecular weight is 391 g/mol. The first kappa shape index (κ1) is 19.3. The van der Waals surface area contributed by atoms with E-state index in [-0.39, 0.29) is 11.7 Å². The first-order valence-corrected chi connectivity index (χ1v) is 9.81. The fraction of sp³-hybridized carbons (Fsp3) is 0.364. The van der Waals surface area contributed by atoms with Crippen molar-refractivity contribution < 1.29 is 9.53 Å². The highest BCUT2D eigenvalue weighted by Crippen LogP contribution is 2.27. The zero-order valence-corrected chi connectivity index (χ0v) is 17.1. The van der Waals surface area contributed by atoms with Gasteiger partial charge in [0.15, 0.2) is 5.65 Å². The van der Waals surface area contributed by atoms with Gasteiger partial charge < -0.3 is 14.5 Å². The van der Waals surface area contributed by atoms with Gasteiger partial charge >= 0.3 is 0 Å². The van der Waals surface area contributed by atoms with Crippen LogP contribution < -0.4 is 4.90 Å². The van der Waals surface area contributed by atoms with Gasteiger partial charge in [-0.1, -0.05) is 30.3 Å². The maximum atomic E-state index is 13.1. The lowest BCUT2D eigenvalue weighted by Crippen LogP contribution is -2.37. The smallest absolute Gasteiger partial charge is 0.291 e. The van der Waals surface area contributed by atoms with Crippen LogP contribution in [-0.4, -0.2) is 59.1 Å². The van der Waals surface area contributed by atoms with E-state index in [0.717, 1.165) is 41.1 Å². The van der Waals surface area contributed by atoms with Crippen molar-refractivity contribution in [3.8, 4) is 0 Å². The topological polar surface area (TPSA) is 71.5 Å². The van der Waals surface area contributed by atoms with Gasteiger partial charge in [-0.05, 0) is 31.0 Å². The maximum Gasteiger partial charge on any atom is 0.291 e. The zero-order chi connectivity index (χ0) is 20.4. The minimum Gasteiger partial charge on any atom is -0.378 e. The average Bonchev–Trinajstić information content (AvgIpc) is 2.73. The second kappa shape index (κ2) is 8.13. The Bertz CT molecular complexity index is 1030. The molecule has 150 valence electrons. The van der Waals surface area contributed by atoms with Crippen molar-refractivity contribution in [2.24, 2.45) is 0 Å². The van der Waals surface area contributed by atoms with Crippen molar-refractivity contribution in [3.05, 3.63) is 59.0 Å². The van der Waals surface area contributed by atoms with Gasteiger partial charge in [-0.2, -0.15) is 0 Å². The molecule has 1 saturated heterocycles. The third kappa shape index (κ3) is 4.05. The van der Waals surface area contributed by atoms with E-state index in [4.69, 9.17) is 9.72 Å². The van der Waals surface area contributed by atoms with Gasteiger partial charge in [0, 0.05) is 32.4 Å². The van der Waals surface area contributed by atoms with Crippen LogP contribution in [0.25, 0.3) is 11.0 Å². The molecule has 7 heteroatoms. The van der Waals surface area contributed by atoms with Crippen molar-refractivity contribution in [2.75, 3.05) is 38.3 Å². The Hall–Kier alpha value is -3.06. The van der Waals surface area contributed by atoms with E-state index in [1.165, 1.54) is 0 Å². The number of aryl methyl sites for hydroxylation is 2. The van der Waals surface area contributed by atoms with Crippen molar-refractivity contribution in [1.82, 2.24) is 19.9 Å². The molecule has 0 aliphatic carbocycles. The Labute approximate surface area is 170 Å². The van der Waals surface area contributed by atoms with E-state index < -0.39 is 0 Å². The van der Waals surface area contributed by atoms with Crippen molar-refractivity contribution in [2.45, 2.75) is 20.4 Å². The van der Waals surface area contributed by atoms with Crippen molar-refractivity contribution in [3.63, 3.8) is 0 Å². The largest absolute Gasteiger partial charge is 0.378 e. The molecule has 0 spiro atoms. The second-order valence-electron chi connectivity index (χ2n) is 7.40. The van der Waals surface area contributed by atoms with Crippen LogP contribution in [0.1, 0.15) is 27.4 Å². The van der Waals surface area contributed by atoms with Crippen LogP contribution in [0.2, 0.25) is 0 Å². The number of carbonyl (C=O) groups excluding carboxylic acids is 1. The number of ether oxygens (including phenoxy) is 1. The van der Waals surface area contributed by atoms with E-state index >= 15 is 0 Å². The predicted octanol–water partition coefficient (Wildman–Crippen LogP) is 2.75. The highest BCUT2D eigenvalue weighted by molar-refractivity contribution is 5.96. The summed E-state index contributed by atoms with van der Waals surface area (Å²) in [4.78, 5) is 30.8. The van der Waals surface area contributed by atoms with Crippen LogP contribution in [0, 0.1) is 13.8 Å². The number of benzene rings is 1. The molecule has 2 aromatic heterocycles. The minimum absolute atomic E-state index is 0.176. The number of rotatable bonds is 4. The lowest BCUT2D eigenvalue weighted by atomic mass is 10.1. The normalized spacial score (nSPS) is 14.2. The molecule has 29 heavy (non-hydrogen) atoms. The molecule has 0 atom stereocenters. The van der Waals surface area contributed by atoms with Crippen LogP contribution >= 0.6 is 0 Å². The SMILES string of the molecule is Cc1cc(C)c2c(N3CCOCC3)nc(C(=O)N(C)Cc3ccccc3)nc2n1. The fourth-order valence-electron chi connectivity index (χ4n) is 3.66. The predicted molar refractivity (Wildman–Crippen MR) is 112 cm³/mol.